The zero-order valence-corrected chi connectivity index (χ0v) is 16.1. The van der Waals surface area contributed by atoms with Crippen molar-refractivity contribution >= 4 is 39.5 Å². The second-order valence-electron chi connectivity index (χ2n) is 7.39. The molecule has 2 atom stereocenters. The summed E-state index contributed by atoms with van der Waals surface area (Å²) in [6, 6.07) is 7.84. The minimum absolute atomic E-state index is 0.0826. The van der Waals surface area contributed by atoms with Gasteiger partial charge in [0.15, 0.2) is 6.61 Å². The highest BCUT2D eigenvalue weighted by Crippen LogP contribution is 2.36. The van der Waals surface area contributed by atoms with Gasteiger partial charge in [-0.15, -0.1) is 11.3 Å². The Balaban J connectivity index is 1.26. The molecule has 0 bridgehead atoms. The van der Waals surface area contributed by atoms with Crippen LogP contribution in [0.1, 0.15) is 37.1 Å². The summed E-state index contributed by atoms with van der Waals surface area (Å²) in [6.07, 6.45) is 9.20. The molecule has 1 amide bonds. The molecule has 2 aromatic rings. The van der Waals surface area contributed by atoms with Gasteiger partial charge in [0.1, 0.15) is 5.01 Å². The number of carbonyl (C=O) groups is 2. The molecule has 2 fully saturated rings. The van der Waals surface area contributed by atoms with E-state index < -0.39 is 5.97 Å². The summed E-state index contributed by atoms with van der Waals surface area (Å²) in [7, 11) is 0. The zero-order valence-electron chi connectivity index (χ0n) is 15.3. The highest BCUT2D eigenvalue weighted by molar-refractivity contribution is 7.19. The normalized spacial score (nSPS) is 22.7. The van der Waals surface area contributed by atoms with Gasteiger partial charge < -0.3 is 9.64 Å². The third-order valence-corrected chi connectivity index (χ3v) is 6.66. The number of fused-ring (bicyclic) bond motifs is 2. The lowest BCUT2D eigenvalue weighted by atomic mass is 9.75. The number of thiazole rings is 1. The maximum absolute atomic E-state index is 12.4. The van der Waals surface area contributed by atoms with E-state index in [2.05, 4.69) is 4.98 Å². The van der Waals surface area contributed by atoms with E-state index in [0.717, 1.165) is 40.7 Å². The van der Waals surface area contributed by atoms with Gasteiger partial charge in [0, 0.05) is 19.2 Å². The van der Waals surface area contributed by atoms with Gasteiger partial charge in [0.25, 0.3) is 5.91 Å². The maximum atomic E-state index is 12.4. The molecule has 1 aliphatic heterocycles. The Hall–Kier alpha value is -2.21. The van der Waals surface area contributed by atoms with E-state index in [0.29, 0.717) is 5.92 Å². The first kappa shape index (κ1) is 18.2. The van der Waals surface area contributed by atoms with Crippen molar-refractivity contribution in [3.8, 4) is 0 Å². The average molecular weight is 385 g/mol. The van der Waals surface area contributed by atoms with Crippen molar-refractivity contribution in [3.63, 3.8) is 0 Å². The number of nitrogens with zero attached hydrogens (tertiary/aromatic N) is 2. The Bertz CT molecular complexity index is 827. The summed E-state index contributed by atoms with van der Waals surface area (Å²) < 4.78 is 6.22. The first-order valence-corrected chi connectivity index (χ1v) is 10.5. The molecule has 4 rings (SSSR count). The van der Waals surface area contributed by atoms with Gasteiger partial charge >= 0.3 is 5.97 Å². The van der Waals surface area contributed by atoms with Gasteiger partial charge in [0.2, 0.25) is 0 Å². The van der Waals surface area contributed by atoms with Crippen LogP contribution in [0.15, 0.2) is 30.3 Å². The molecule has 1 aromatic carbocycles. The number of rotatable bonds is 4. The summed E-state index contributed by atoms with van der Waals surface area (Å²) in [5.41, 5.74) is 0.914. The van der Waals surface area contributed by atoms with E-state index in [1.54, 1.807) is 6.08 Å². The molecule has 1 aliphatic carbocycles. The van der Waals surface area contributed by atoms with Crippen LogP contribution in [0.3, 0.4) is 0 Å². The van der Waals surface area contributed by atoms with Crippen LogP contribution in [0.2, 0.25) is 0 Å². The standard InChI is InChI=1S/C21H24N2O3S/c24-20(23-12-11-15-5-1-2-6-16(15)13-23)14-26-21(25)10-9-19-22-17-7-3-4-8-18(17)27-19/h3-4,7-10,15-16H,1-2,5-6,11-14H2/b10-9+/t15-,16+/m0/s1. The molecular formula is C21H24N2O3S. The Morgan fingerprint density at radius 3 is 2.85 bits per heavy atom. The number of benzene rings is 1. The van der Waals surface area contributed by atoms with Crippen LogP contribution >= 0.6 is 11.3 Å². The zero-order chi connectivity index (χ0) is 18.6. The predicted octanol–water partition coefficient (Wildman–Crippen LogP) is 3.89. The van der Waals surface area contributed by atoms with E-state index in [9.17, 15) is 9.59 Å². The van der Waals surface area contributed by atoms with Gasteiger partial charge in [-0.05, 0) is 42.9 Å². The Morgan fingerprint density at radius 2 is 2.00 bits per heavy atom. The molecule has 1 aromatic heterocycles. The molecule has 142 valence electrons. The number of amides is 1. The summed E-state index contributed by atoms with van der Waals surface area (Å²) in [5.74, 6) is 0.823. The van der Waals surface area contributed by atoms with Crippen LogP contribution in [0.25, 0.3) is 16.3 Å². The quantitative estimate of drug-likeness (QED) is 0.593. The number of likely N-dealkylation sites (tertiary alicyclic amines) is 1. The SMILES string of the molecule is O=C(/C=C/c1nc2ccccc2s1)OCC(=O)N1CC[C@@H]2CCCC[C@@H]2C1. The summed E-state index contributed by atoms with van der Waals surface area (Å²) in [5, 5.41) is 0.749. The monoisotopic (exact) mass is 384 g/mol. The Kier molecular flexibility index (Phi) is 5.53. The number of aromatic nitrogens is 1. The molecule has 0 spiro atoms. The van der Waals surface area contributed by atoms with Crippen molar-refractivity contribution in [3.05, 3.63) is 35.3 Å². The Morgan fingerprint density at radius 1 is 1.19 bits per heavy atom. The molecule has 0 N–H and O–H groups in total. The van der Waals surface area contributed by atoms with Crippen molar-refractivity contribution in [2.75, 3.05) is 19.7 Å². The third-order valence-electron chi connectivity index (χ3n) is 5.65. The molecule has 5 nitrogen and oxygen atoms in total. The van der Waals surface area contributed by atoms with Crippen molar-refractivity contribution < 1.29 is 14.3 Å². The minimum atomic E-state index is -0.504. The van der Waals surface area contributed by atoms with E-state index in [-0.39, 0.29) is 12.5 Å². The molecule has 27 heavy (non-hydrogen) atoms. The van der Waals surface area contributed by atoms with Crippen molar-refractivity contribution in [1.82, 2.24) is 9.88 Å². The first-order chi connectivity index (χ1) is 13.2. The van der Waals surface area contributed by atoms with Crippen LogP contribution < -0.4 is 0 Å². The fraction of sp³-hybridized carbons (Fsp3) is 0.476. The number of hydrogen-bond acceptors (Lipinski definition) is 5. The Labute approximate surface area is 163 Å². The van der Waals surface area contributed by atoms with Crippen LogP contribution in [0.5, 0.6) is 0 Å². The van der Waals surface area contributed by atoms with E-state index in [1.807, 2.05) is 29.2 Å². The average Bonchev–Trinajstić information content (AvgIpc) is 3.13. The van der Waals surface area contributed by atoms with Crippen molar-refractivity contribution in [2.24, 2.45) is 11.8 Å². The van der Waals surface area contributed by atoms with Crippen molar-refractivity contribution in [2.45, 2.75) is 32.1 Å². The highest BCUT2D eigenvalue weighted by Gasteiger charge is 2.32. The summed E-state index contributed by atoms with van der Waals surface area (Å²) in [4.78, 5) is 30.6. The topological polar surface area (TPSA) is 59.5 Å². The van der Waals surface area contributed by atoms with Crippen LogP contribution in [-0.2, 0) is 14.3 Å². The second kappa shape index (κ2) is 8.21. The van der Waals surface area contributed by atoms with Crippen LogP contribution in [0, 0.1) is 11.8 Å². The summed E-state index contributed by atoms with van der Waals surface area (Å²) >= 11 is 1.52. The van der Waals surface area contributed by atoms with Gasteiger partial charge in [-0.2, -0.15) is 0 Å². The van der Waals surface area contributed by atoms with Gasteiger partial charge in [-0.25, -0.2) is 9.78 Å². The fourth-order valence-electron chi connectivity index (χ4n) is 4.20. The number of ether oxygens (including phenoxy) is 1. The number of carbonyl (C=O) groups excluding carboxylic acids is 2. The minimum Gasteiger partial charge on any atom is -0.452 e. The molecule has 1 saturated carbocycles. The molecular weight excluding hydrogens is 360 g/mol. The summed E-state index contributed by atoms with van der Waals surface area (Å²) in [6.45, 7) is 1.43. The molecule has 6 heteroatoms. The largest absolute Gasteiger partial charge is 0.452 e. The predicted molar refractivity (Wildman–Crippen MR) is 106 cm³/mol. The number of hydrogen-bond donors (Lipinski definition) is 0. The second-order valence-corrected chi connectivity index (χ2v) is 8.46. The lowest BCUT2D eigenvalue weighted by Gasteiger charge is -2.41. The van der Waals surface area contributed by atoms with E-state index in [4.69, 9.17) is 4.74 Å². The fourth-order valence-corrected chi connectivity index (χ4v) is 5.07. The van der Waals surface area contributed by atoms with E-state index in [1.165, 1.54) is 43.1 Å². The van der Waals surface area contributed by atoms with Crippen molar-refractivity contribution in [1.29, 1.82) is 0 Å². The van der Waals surface area contributed by atoms with E-state index >= 15 is 0 Å². The number of esters is 1. The van der Waals surface area contributed by atoms with Gasteiger partial charge in [-0.3, -0.25) is 4.79 Å². The van der Waals surface area contributed by atoms with Crippen LogP contribution in [-0.4, -0.2) is 41.5 Å². The highest BCUT2D eigenvalue weighted by atomic mass is 32.1. The number of para-hydroxylation sites is 1. The molecule has 0 unspecified atom stereocenters. The first-order valence-electron chi connectivity index (χ1n) is 9.67. The van der Waals surface area contributed by atoms with Gasteiger partial charge in [0.05, 0.1) is 10.2 Å². The number of piperidine rings is 1. The smallest absolute Gasteiger partial charge is 0.331 e. The molecule has 2 aliphatic rings. The lowest BCUT2D eigenvalue weighted by Crippen LogP contribution is -2.46. The third kappa shape index (κ3) is 4.38. The lowest BCUT2D eigenvalue weighted by molar-refractivity contribution is -0.149. The molecule has 1 saturated heterocycles. The van der Waals surface area contributed by atoms with Gasteiger partial charge in [-0.1, -0.05) is 31.4 Å². The maximum Gasteiger partial charge on any atom is 0.331 e. The molecule has 0 radical (unpaired) electrons. The van der Waals surface area contributed by atoms with Crippen LogP contribution in [0.4, 0.5) is 0 Å². The molecule has 2 heterocycles.